The van der Waals surface area contributed by atoms with E-state index in [9.17, 15) is 0 Å². The van der Waals surface area contributed by atoms with E-state index in [1.165, 1.54) is 0 Å². The number of nitriles is 1. The van der Waals surface area contributed by atoms with Gasteiger partial charge in [-0.15, -0.1) is 11.8 Å². The molecule has 0 spiro atoms. The van der Waals surface area contributed by atoms with Crippen molar-refractivity contribution in [1.82, 2.24) is 0 Å². The maximum absolute atomic E-state index is 9.13. The van der Waals surface area contributed by atoms with Crippen molar-refractivity contribution in [2.24, 2.45) is 0 Å². The average molecular weight is 250 g/mol. The number of nitrogens with zero attached hydrogens (tertiary/aromatic N) is 1. The van der Waals surface area contributed by atoms with Crippen LogP contribution in [0.5, 0.6) is 0 Å². The first kappa shape index (κ1) is 13.9. The zero-order valence-corrected chi connectivity index (χ0v) is 10.9. The number of benzene rings is 1. The van der Waals surface area contributed by atoms with Crippen molar-refractivity contribution in [2.45, 2.75) is 24.2 Å². The Labute approximate surface area is 107 Å². The highest BCUT2D eigenvalue weighted by atomic mass is 32.2. The summed E-state index contributed by atoms with van der Waals surface area (Å²) in [5.41, 5.74) is 1.63. The van der Waals surface area contributed by atoms with Gasteiger partial charge in [0.25, 0.3) is 0 Å². The number of unbranched alkanes of at least 4 members (excludes halogenated alkanes) is 2. The summed E-state index contributed by atoms with van der Waals surface area (Å²) >= 11 is 1.59. The topological polar surface area (TPSA) is 56.0 Å². The number of thioether (sulfide) groups is 1. The van der Waals surface area contributed by atoms with Crippen LogP contribution in [0.3, 0.4) is 0 Å². The molecule has 0 aliphatic heterocycles. The molecule has 4 heteroatoms. The first-order valence-corrected chi connectivity index (χ1v) is 6.97. The fourth-order valence-corrected chi connectivity index (χ4v) is 2.17. The Morgan fingerprint density at radius 2 is 2.18 bits per heavy atom. The molecule has 0 unspecified atom stereocenters. The minimum Gasteiger partial charge on any atom is -0.396 e. The molecular formula is C13H18N2OS. The van der Waals surface area contributed by atoms with Gasteiger partial charge in [0.2, 0.25) is 0 Å². The van der Waals surface area contributed by atoms with Crippen LogP contribution in [0.15, 0.2) is 23.1 Å². The second kappa shape index (κ2) is 7.99. The number of nitrogens with one attached hydrogen (secondary N) is 1. The monoisotopic (exact) mass is 250 g/mol. The van der Waals surface area contributed by atoms with Crippen molar-refractivity contribution in [3.05, 3.63) is 23.8 Å². The van der Waals surface area contributed by atoms with Crippen LogP contribution in [0.1, 0.15) is 24.8 Å². The molecule has 0 saturated heterocycles. The van der Waals surface area contributed by atoms with Crippen LogP contribution in [0.25, 0.3) is 0 Å². The number of aliphatic hydroxyl groups is 1. The zero-order valence-electron chi connectivity index (χ0n) is 10.1. The van der Waals surface area contributed by atoms with Crippen LogP contribution >= 0.6 is 11.8 Å². The Morgan fingerprint density at radius 3 is 2.82 bits per heavy atom. The van der Waals surface area contributed by atoms with Gasteiger partial charge in [-0.1, -0.05) is 6.07 Å². The molecule has 1 aromatic rings. The van der Waals surface area contributed by atoms with Crippen LogP contribution in [-0.4, -0.2) is 24.5 Å². The Morgan fingerprint density at radius 1 is 1.35 bits per heavy atom. The van der Waals surface area contributed by atoms with E-state index in [2.05, 4.69) is 11.4 Å². The summed E-state index contributed by atoms with van der Waals surface area (Å²) in [5.74, 6) is 0. The SMILES string of the molecule is CSc1cccc(NCCCCCO)c1C#N. The average Bonchev–Trinajstić information content (AvgIpc) is 2.38. The molecule has 0 aliphatic carbocycles. The molecular weight excluding hydrogens is 232 g/mol. The molecule has 3 nitrogen and oxygen atoms in total. The second-order valence-corrected chi connectivity index (χ2v) is 4.55. The predicted molar refractivity (Wildman–Crippen MR) is 72.4 cm³/mol. The van der Waals surface area contributed by atoms with E-state index in [1.807, 2.05) is 24.5 Å². The first-order chi connectivity index (χ1) is 8.33. The third-order valence-electron chi connectivity index (χ3n) is 2.51. The van der Waals surface area contributed by atoms with E-state index < -0.39 is 0 Å². The summed E-state index contributed by atoms with van der Waals surface area (Å²) in [6.07, 6.45) is 4.83. The maximum atomic E-state index is 9.13. The van der Waals surface area contributed by atoms with E-state index in [0.29, 0.717) is 0 Å². The third-order valence-corrected chi connectivity index (χ3v) is 3.29. The van der Waals surface area contributed by atoms with E-state index in [1.54, 1.807) is 11.8 Å². The highest BCUT2D eigenvalue weighted by Gasteiger charge is 2.06. The minimum atomic E-state index is 0.255. The summed E-state index contributed by atoms with van der Waals surface area (Å²) in [4.78, 5) is 1.01. The van der Waals surface area contributed by atoms with Crippen LogP contribution in [0, 0.1) is 11.3 Å². The van der Waals surface area contributed by atoms with Gasteiger partial charge in [-0.2, -0.15) is 5.26 Å². The van der Waals surface area contributed by atoms with Crippen molar-refractivity contribution in [1.29, 1.82) is 5.26 Å². The highest BCUT2D eigenvalue weighted by molar-refractivity contribution is 7.98. The fraction of sp³-hybridized carbons (Fsp3) is 0.462. The van der Waals surface area contributed by atoms with E-state index >= 15 is 0 Å². The van der Waals surface area contributed by atoms with Gasteiger partial charge in [0, 0.05) is 18.0 Å². The lowest BCUT2D eigenvalue weighted by molar-refractivity contribution is 0.283. The van der Waals surface area contributed by atoms with Gasteiger partial charge in [0.05, 0.1) is 11.3 Å². The Hall–Kier alpha value is -1.18. The van der Waals surface area contributed by atoms with Gasteiger partial charge >= 0.3 is 0 Å². The summed E-state index contributed by atoms with van der Waals surface area (Å²) in [6.45, 7) is 1.10. The molecule has 0 fully saturated rings. The van der Waals surface area contributed by atoms with E-state index in [-0.39, 0.29) is 6.61 Å². The Kier molecular flexibility index (Phi) is 6.53. The standard InChI is InChI=1S/C13H18N2OS/c1-17-13-7-5-6-12(11(13)10-14)15-8-3-2-4-9-16/h5-7,15-16H,2-4,8-9H2,1H3. The Bertz CT molecular complexity index is 387. The lowest BCUT2D eigenvalue weighted by Gasteiger charge is -2.10. The molecule has 1 aromatic carbocycles. The molecule has 0 aliphatic rings. The quantitative estimate of drug-likeness (QED) is 0.577. The summed E-state index contributed by atoms with van der Waals surface area (Å²) < 4.78 is 0. The molecule has 0 aromatic heterocycles. The van der Waals surface area contributed by atoms with Crippen molar-refractivity contribution in [3.63, 3.8) is 0 Å². The molecule has 0 radical (unpaired) electrons. The molecule has 92 valence electrons. The predicted octanol–water partition coefficient (Wildman–Crippen LogP) is 2.85. The normalized spacial score (nSPS) is 9.94. The smallest absolute Gasteiger partial charge is 0.102 e. The van der Waals surface area contributed by atoms with Crippen LogP contribution in [-0.2, 0) is 0 Å². The van der Waals surface area contributed by atoms with Crippen LogP contribution in [0.4, 0.5) is 5.69 Å². The molecule has 0 saturated carbocycles. The fourth-order valence-electron chi connectivity index (χ4n) is 1.60. The molecule has 0 atom stereocenters. The van der Waals surface area contributed by atoms with E-state index in [0.717, 1.165) is 42.0 Å². The highest BCUT2D eigenvalue weighted by Crippen LogP contribution is 2.26. The van der Waals surface area contributed by atoms with Crippen molar-refractivity contribution in [2.75, 3.05) is 24.7 Å². The van der Waals surface area contributed by atoms with E-state index in [4.69, 9.17) is 10.4 Å². The molecule has 2 N–H and O–H groups in total. The van der Waals surface area contributed by atoms with Gasteiger partial charge in [0.1, 0.15) is 6.07 Å². The van der Waals surface area contributed by atoms with Crippen molar-refractivity contribution < 1.29 is 5.11 Å². The largest absolute Gasteiger partial charge is 0.396 e. The number of hydrogen-bond acceptors (Lipinski definition) is 4. The lowest BCUT2D eigenvalue weighted by Crippen LogP contribution is -2.04. The van der Waals surface area contributed by atoms with Crippen molar-refractivity contribution >= 4 is 17.4 Å². The summed E-state index contributed by atoms with van der Waals surface area (Å²) in [6, 6.07) is 8.10. The van der Waals surface area contributed by atoms with Crippen LogP contribution in [0.2, 0.25) is 0 Å². The van der Waals surface area contributed by atoms with Gasteiger partial charge in [-0.25, -0.2) is 0 Å². The van der Waals surface area contributed by atoms with Gasteiger partial charge in [-0.05, 0) is 37.7 Å². The molecule has 1 rings (SSSR count). The third kappa shape index (κ3) is 4.29. The summed E-state index contributed by atoms with van der Waals surface area (Å²) in [5, 5.41) is 21.1. The molecule has 0 heterocycles. The number of anilines is 1. The first-order valence-electron chi connectivity index (χ1n) is 5.75. The zero-order chi connectivity index (χ0) is 12.5. The number of hydrogen-bond donors (Lipinski definition) is 2. The Balaban J connectivity index is 2.56. The lowest BCUT2D eigenvalue weighted by atomic mass is 10.2. The van der Waals surface area contributed by atoms with Crippen LogP contribution < -0.4 is 5.32 Å². The van der Waals surface area contributed by atoms with Crippen molar-refractivity contribution in [3.8, 4) is 6.07 Å². The summed E-state index contributed by atoms with van der Waals surface area (Å²) in [7, 11) is 0. The minimum absolute atomic E-state index is 0.255. The number of aliphatic hydroxyl groups excluding tert-OH is 1. The number of rotatable bonds is 7. The maximum Gasteiger partial charge on any atom is 0.102 e. The van der Waals surface area contributed by atoms with Gasteiger partial charge in [0.15, 0.2) is 0 Å². The second-order valence-electron chi connectivity index (χ2n) is 3.71. The molecule has 0 bridgehead atoms. The molecule has 17 heavy (non-hydrogen) atoms. The van der Waals surface area contributed by atoms with Gasteiger partial charge < -0.3 is 10.4 Å². The van der Waals surface area contributed by atoms with Gasteiger partial charge in [-0.3, -0.25) is 0 Å². The molecule has 0 amide bonds.